The molecule has 0 aliphatic carbocycles. The van der Waals surface area contributed by atoms with E-state index in [0.29, 0.717) is 5.65 Å². The Bertz CT molecular complexity index is 721. The van der Waals surface area contributed by atoms with Crippen LogP contribution in [0, 0.1) is 6.92 Å². The van der Waals surface area contributed by atoms with Crippen LogP contribution in [0.25, 0.3) is 5.65 Å². The molecule has 1 unspecified atom stereocenters. The number of aromatic hydroxyl groups is 1. The van der Waals surface area contributed by atoms with Gasteiger partial charge in [0.1, 0.15) is 5.65 Å². The van der Waals surface area contributed by atoms with Crippen molar-refractivity contribution in [3.05, 3.63) is 39.8 Å². The van der Waals surface area contributed by atoms with Crippen molar-refractivity contribution in [3.63, 3.8) is 0 Å². The van der Waals surface area contributed by atoms with Gasteiger partial charge in [-0.3, -0.25) is 14.0 Å². The van der Waals surface area contributed by atoms with Gasteiger partial charge in [-0.05, 0) is 38.0 Å². The van der Waals surface area contributed by atoms with Crippen molar-refractivity contribution in [2.75, 3.05) is 0 Å². The van der Waals surface area contributed by atoms with E-state index in [9.17, 15) is 14.7 Å². The van der Waals surface area contributed by atoms with Gasteiger partial charge < -0.3 is 10.4 Å². The molecule has 0 fully saturated rings. The summed E-state index contributed by atoms with van der Waals surface area (Å²) >= 11 is 0. The Labute approximate surface area is 116 Å². The van der Waals surface area contributed by atoms with Crippen LogP contribution in [0.5, 0.6) is 5.88 Å². The summed E-state index contributed by atoms with van der Waals surface area (Å²) in [6.45, 7) is 5.59. The van der Waals surface area contributed by atoms with Gasteiger partial charge in [0.05, 0.1) is 0 Å². The molecule has 2 N–H and O–H groups in total. The minimum Gasteiger partial charge on any atom is -0.493 e. The second-order valence-electron chi connectivity index (χ2n) is 4.83. The molecule has 0 bridgehead atoms. The predicted octanol–water partition coefficient (Wildman–Crippen LogP) is 1.24. The number of hydrogen-bond acceptors (Lipinski definition) is 4. The number of rotatable bonds is 3. The lowest BCUT2D eigenvalue weighted by molar-refractivity contribution is 0.0934. The van der Waals surface area contributed by atoms with Crippen molar-refractivity contribution < 1.29 is 9.90 Å². The van der Waals surface area contributed by atoms with Crippen molar-refractivity contribution in [1.82, 2.24) is 14.7 Å². The minimum atomic E-state index is -0.607. The summed E-state index contributed by atoms with van der Waals surface area (Å²) in [5, 5.41) is 12.5. The molecule has 0 aliphatic heterocycles. The zero-order chi connectivity index (χ0) is 14.9. The molecule has 0 saturated heterocycles. The molecule has 2 aromatic rings. The Hall–Kier alpha value is -2.37. The standard InChI is InChI=1S/C14H17N3O3/c1-4-9(3)15-12(18)11-13(19)16-10-7-8(2)5-6-17(10)14(11)20/h5-7,9,19H,4H2,1-3H3,(H,15,18). The summed E-state index contributed by atoms with van der Waals surface area (Å²) in [6.07, 6.45) is 2.27. The zero-order valence-electron chi connectivity index (χ0n) is 11.7. The van der Waals surface area contributed by atoms with Crippen LogP contribution < -0.4 is 10.9 Å². The number of hydrogen-bond donors (Lipinski definition) is 2. The Morgan fingerprint density at radius 1 is 1.55 bits per heavy atom. The molecule has 2 heterocycles. The summed E-state index contributed by atoms with van der Waals surface area (Å²) in [4.78, 5) is 28.2. The van der Waals surface area contributed by atoms with E-state index >= 15 is 0 Å². The Morgan fingerprint density at radius 3 is 2.90 bits per heavy atom. The Kier molecular flexibility index (Phi) is 3.74. The average molecular weight is 275 g/mol. The van der Waals surface area contributed by atoms with Gasteiger partial charge in [0.2, 0.25) is 5.88 Å². The molecule has 2 rings (SSSR count). The summed E-state index contributed by atoms with van der Waals surface area (Å²) < 4.78 is 1.25. The van der Waals surface area contributed by atoms with Gasteiger partial charge in [0, 0.05) is 12.2 Å². The van der Waals surface area contributed by atoms with E-state index in [1.165, 1.54) is 4.40 Å². The highest BCUT2D eigenvalue weighted by molar-refractivity contribution is 5.96. The van der Waals surface area contributed by atoms with Crippen molar-refractivity contribution in [2.45, 2.75) is 33.2 Å². The molecule has 6 heteroatoms. The maximum atomic E-state index is 12.3. The lowest BCUT2D eigenvalue weighted by Gasteiger charge is -2.12. The van der Waals surface area contributed by atoms with Crippen molar-refractivity contribution >= 4 is 11.6 Å². The number of fused-ring (bicyclic) bond motifs is 1. The molecular weight excluding hydrogens is 258 g/mol. The lowest BCUT2D eigenvalue weighted by Crippen LogP contribution is -2.36. The second-order valence-corrected chi connectivity index (χ2v) is 4.83. The molecule has 0 aromatic carbocycles. The maximum absolute atomic E-state index is 12.3. The quantitative estimate of drug-likeness (QED) is 0.882. The van der Waals surface area contributed by atoms with Crippen LogP contribution in [0.4, 0.5) is 0 Å². The van der Waals surface area contributed by atoms with Gasteiger partial charge in [-0.25, -0.2) is 0 Å². The molecule has 0 radical (unpaired) electrons. The Balaban J connectivity index is 2.57. The van der Waals surface area contributed by atoms with E-state index in [1.807, 2.05) is 20.8 Å². The maximum Gasteiger partial charge on any atom is 0.274 e. The smallest absolute Gasteiger partial charge is 0.274 e. The van der Waals surface area contributed by atoms with E-state index in [0.717, 1.165) is 12.0 Å². The second kappa shape index (κ2) is 5.32. The molecule has 0 saturated carbocycles. The van der Waals surface area contributed by atoms with Gasteiger partial charge >= 0.3 is 0 Å². The minimum absolute atomic E-state index is 0.0833. The van der Waals surface area contributed by atoms with E-state index in [-0.39, 0.29) is 11.6 Å². The number of aromatic nitrogens is 2. The number of carbonyl (C=O) groups excluding carboxylic acids is 1. The fourth-order valence-corrected chi connectivity index (χ4v) is 1.82. The van der Waals surface area contributed by atoms with Gasteiger partial charge in [0.25, 0.3) is 11.5 Å². The van der Waals surface area contributed by atoms with Crippen LogP contribution in [0.15, 0.2) is 23.1 Å². The number of amides is 1. The van der Waals surface area contributed by atoms with Crippen LogP contribution in [0.2, 0.25) is 0 Å². The molecule has 1 atom stereocenters. The topological polar surface area (TPSA) is 83.7 Å². The number of pyridine rings is 1. The highest BCUT2D eigenvalue weighted by Gasteiger charge is 2.20. The van der Waals surface area contributed by atoms with E-state index in [1.54, 1.807) is 18.3 Å². The predicted molar refractivity (Wildman–Crippen MR) is 75.1 cm³/mol. The molecule has 6 nitrogen and oxygen atoms in total. The monoisotopic (exact) mass is 275 g/mol. The fourth-order valence-electron chi connectivity index (χ4n) is 1.82. The molecule has 1 amide bonds. The molecular formula is C14H17N3O3. The SMILES string of the molecule is CCC(C)NC(=O)c1c(O)nc2cc(C)ccn2c1=O. The van der Waals surface area contributed by atoms with E-state index in [4.69, 9.17) is 0 Å². The van der Waals surface area contributed by atoms with E-state index in [2.05, 4.69) is 10.3 Å². The highest BCUT2D eigenvalue weighted by atomic mass is 16.3. The van der Waals surface area contributed by atoms with Gasteiger partial charge in [-0.2, -0.15) is 4.98 Å². The average Bonchev–Trinajstić information content (AvgIpc) is 2.37. The summed E-state index contributed by atoms with van der Waals surface area (Å²) in [5.74, 6) is -1.15. The molecule has 106 valence electrons. The van der Waals surface area contributed by atoms with Gasteiger partial charge in [-0.1, -0.05) is 6.92 Å². The lowest BCUT2D eigenvalue weighted by atomic mass is 10.2. The van der Waals surface area contributed by atoms with Crippen LogP contribution in [0.3, 0.4) is 0 Å². The molecule has 20 heavy (non-hydrogen) atoms. The summed E-state index contributed by atoms with van der Waals surface area (Å²) in [6, 6.07) is 3.32. The number of aryl methyl sites for hydroxylation is 1. The number of nitrogens with zero attached hydrogens (tertiary/aromatic N) is 2. The third kappa shape index (κ3) is 2.49. The molecule has 0 spiro atoms. The van der Waals surface area contributed by atoms with E-state index < -0.39 is 17.3 Å². The third-order valence-corrected chi connectivity index (χ3v) is 3.18. The first-order chi connectivity index (χ1) is 9.43. The van der Waals surface area contributed by atoms with Crippen molar-refractivity contribution in [2.24, 2.45) is 0 Å². The zero-order valence-corrected chi connectivity index (χ0v) is 11.7. The van der Waals surface area contributed by atoms with Crippen LogP contribution >= 0.6 is 0 Å². The first kappa shape index (κ1) is 14.0. The normalized spacial score (nSPS) is 12.3. The van der Waals surface area contributed by atoms with Crippen molar-refractivity contribution in [1.29, 1.82) is 0 Å². The molecule has 2 aromatic heterocycles. The van der Waals surface area contributed by atoms with Crippen LogP contribution in [-0.4, -0.2) is 26.4 Å². The Morgan fingerprint density at radius 2 is 2.25 bits per heavy atom. The largest absolute Gasteiger partial charge is 0.493 e. The van der Waals surface area contributed by atoms with Crippen molar-refractivity contribution in [3.8, 4) is 5.88 Å². The summed E-state index contributed by atoms with van der Waals surface area (Å²) in [7, 11) is 0. The van der Waals surface area contributed by atoms with Gasteiger partial charge in [0.15, 0.2) is 5.56 Å². The molecule has 0 aliphatic rings. The number of nitrogens with one attached hydrogen (secondary N) is 1. The third-order valence-electron chi connectivity index (χ3n) is 3.18. The van der Waals surface area contributed by atoms with Crippen LogP contribution in [-0.2, 0) is 0 Å². The van der Waals surface area contributed by atoms with Gasteiger partial charge in [-0.15, -0.1) is 0 Å². The first-order valence-electron chi connectivity index (χ1n) is 6.47. The summed E-state index contributed by atoms with van der Waals surface area (Å²) in [5.41, 5.74) is 0.320. The first-order valence-corrected chi connectivity index (χ1v) is 6.47. The highest BCUT2D eigenvalue weighted by Crippen LogP contribution is 2.12. The van der Waals surface area contributed by atoms with Crippen LogP contribution in [0.1, 0.15) is 36.2 Å². The number of carbonyl (C=O) groups is 1. The fraction of sp³-hybridized carbons (Fsp3) is 0.357.